The fourth-order valence-corrected chi connectivity index (χ4v) is 4.78. The maximum absolute atomic E-state index is 12.3. The lowest BCUT2D eigenvalue weighted by Crippen LogP contribution is -2.39. The predicted octanol–water partition coefficient (Wildman–Crippen LogP) is 3.89. The van der Waals surface area contributed by atoms with Gasteiger partial charge in [0.1, 0.15) is 4.88 Å². The van der Waals surface area contributed by atoms with E-state index in [4.69, 9.17) is 0 Å². The van der Waals surface area contributed by atoms with Gasteiger partial charge in [0, 0.05) is 19.6 Å². The van der Waals surface area contributed by atoms with E-state index in [9.17, 15) is 4.79 Å². The molecule has 2 heterocycles. The van der Waals surface area contributed by atoms with E-state index >= 15 is 0 Å². The van der Waals surface area contributed by atoms with Crippen molar-refractivity contribution in [2.45, 2.75) is 59.8 Å². The number of amides is 1. The number of likely N-dealkylation sites (tertiary alicyclic amines) is 1. The van der Waals surface area contributed by atoms with Gasteiger partial charge in [-0.25, -0.2) is 4.98 Å². The Morgan fingerprint density at radius 3 is 2.67 bits per heavy atom. The van der Waals surface area contributed by atoms with Gasteiger partial charge in [-0.05, 0) is 57.4 Å². The van der Waals surface area contributed by atoms with Crippen molar-refractivity contribution in [1.82, 2.24) is 15.2 Å². The summed E-state index contributed by atoms with van der Waals surface area (Å²) in [5.41, 5.74) is 0.872. The number of unbranched alkanes of at least 4 members (excludes halogenated alkanes) is 1. The van der Waals surface area contributed by atoms with Crippen LogP contribution in [0.25, 0.3) is 0 Å². The Bertz CT molecular complexity index is 519. The molecule has 0 aromatic carbocycles. The highest BCUT2D eigenvalue weighted by Gasteiger charge is 2.21. The Morgan fingerprint density at radius 2 is 2.00 bits per heavy atom. The van der Waals surface area contributed by atoms with Gasteiger partial charge in [0.25, 0.3) is 5.91 Å². The molecule has 1 saturated heterocycles. The highest BCUT2D eigenvalue weighted by molar-refractivity contribution is 7.13. The Labute approximate surface area is 151 Å². The van der Waals surface area contributed by atoms with Crippen LogP contribution in [0, 0.1) is 18.8 Å². The van der Waals surface area contributed by atoms with Crippen molar-refractivity contribution < 1.29 is 4.79 Å². The van der Waals surface area contributed by atoms with Crippen molar-refractivity contribution in [2.75, 3.05) is 26.2 Å². The van der Waals surface area contributed by atoms with Crippen LogP contribution in [0.3, 0.4) is 0 Å². The van der Waals surface area contributed by atoms with Gasteiger partial charge in [0.05, 0.1) is 10.7 Å². The lowest BCUT2D eigenvalue weighted by molar-refractivity contribution is 0.0955. The van der Waals surface area contributed by atoms with E-state index in [0.29, 0.717) is 0 Å². The summed E-state index contributed by atoms with van der Waals surface area (Å²) in [5.74, 6) is 1.69. The molecule has 1 amide bonds. The second-order valence-electron chi connectivity index (χ2n) is 7.44. The molecule has 2 rings (SSSR count). The predicted molar refractivity (Wildman–Crippen MR) is 102 cm³/mol. The van der Waals surface area contributed by atoms with Crippen LogP contribution in [0.15, 0.2) is 0 Å². The number of carbonyl (C=O) groups is 1. The van der Waals surface area contributed by atoms with Crippen molar-refractivity contribution in [1.29, 1.82) is 0 Å². The first-order valence-electron chi connectivity index (χ1n) is 9.46. The van der Waals surface area contributed by atoms with Gasteiger partial charge in [-0.15, -0.1) is 11.3 Å². The van der Waals surface area contributed by atoms with Crippen molar-refractivity contribution in [2.24, 2.45) is 11.8 Å². The van der Waals surface area contributed by atoms with Crippen LogP contribution in [-0.2, 0) is 6.42 Å². The molecule has 1 fully saturated rings. The summed E-state index contributed by atoms with van der Waals surface area (Å²) in [4.78, 5) is 20.2. The number of aromatic nitrogens is 1. The zero-order valence-corrected chi connectivity index (χ0v) is 16.5. The summed E-state index contributed by atoms with van der Waals surface area (Å²) >= 11 is 1.55. The summed E-state index contributed by atoms with van der Waals surface area (Å²) in [5, 5.41) is 4.14. The van der Waals surface area contributed by atoms with E-state index in [1.54, 1.807) is 11.3 Å². The maximum Gasteiger partial charge on any atom is 0.263 e. The van der Waals surface area contributed by atoms with Crippen LogP contribution in [0.4, 0.5) is 0 Å². The number of thiazole rings is 1. The second kappa shape index (κ2) is 9.52. The van der Waals surface area contributed by atoms with E-state index in [0.717, 1.165) is 66.2 Å². The molecule has 1 aromatic heterocycles. The monoisotopic (exact) mass is 351 g/mol. The SMILES string of the molecule is CCCc1nc(C)c(C(=O)NCCCCN2CC(C)CC(C)C2)s1. The van der Waals surface area contributed by atoms with Crippen LogP contribution < -0.4 is 5.32 Å². The Hall–Kier alpha value is -0.940. The number of nitrogens with zero attached hydrogens (tertiary/aromatic N) is 2. The summed E-state index contributed by atoms with van der Waals surface area (Å²) in [6.45, 7) is 13.2. The standard InChI is InChI=1S/C19H33N3OS/c1-5-8-17-21-16(4)18(24-17)19(23)20-9-6-7-10-22-12-14(2)11-15(3)13-22/h14-15H,5-13H2,1-4H3,(H,20,23). The molecule has 1 aliphatic heterocycles. The average molecular weight is 352 g/mol. The lowest BCUT2D eigenvalue weighted by Gasteiger charge is -2.34. The quantitative estimate of drug-likeness (QED) is 0.723. The maximum atomic E-state index is 12.3. The first-order chi connectivity index (χ1) is 11.5. The topological polar surface area (TPSA) is 45.2 Å². The number of piperidine rings is 1. The van der Waals surface area contributed by atoms with Gasteiger partial charge in [0.2, 0.25) is 0 Å². The van der Waals surface area contributed by atoms with Crippen molar-refractivity contribution in [3.8, 4) is 0 Å². The van der Waals surface area contributed by atoms with Crippen molar-refractivity contribution >= 4 is 17.2 Å². The smallest absolute Gasteiger partial charge is 0.263 e. The van der Waals surface area contributed by atoms with E-state index < -0.39 is 0 Å². The molecule has 2 atom stereocenters. The third-order valence-electron chi connectivity index (χ3n) is 4.64. The molecular weight excluding hydrogens is 318 g/mol. The molecule has 136 valence electrons. The molecule has 24 heavy (non-hydrogen) atoms. The first-order valence-corrected chi connectivity index (χ1v) is 10.3. The molecule has 0 spiro atoms. The van der Waals surface area contributed by atoms with Gasteiger partial charge >= 0.3 is 0 Å². The normalized spacial score (nSPS) is 21.8. The first kappa shape index (κ1) is 19.4. The van der Waals surface area contributed by atoms with Gasteiger partial charge in [-0.2, -0.15) is 0 Å². The molecule has 2 unspecified atom stereocenters. The van der Waals surface area contributed by atoms with Crippen LogP contribution in [-0.4, -0.2) is 42.0 Å². The largest absolute Gasteiger partial charge is 0.351 e. The average Bonchev–Trinajstić information content (AvgIpc) is 2.87. The minimum absolute atomic E-state index is 0.0487. The minimum Gasteiger partial charge on any atom is -0.351 e. The minimum atomic E-state index is 0.0487. The fraction of sp³-hybridized carbons (Fsp3) is 0.789. The molecule has 1 aliphatic rings. The summed E-state index contributed by atoms with van der Waals surface area (Å²) in [7, 11) is 0. The number of nitrogens with one attached hydrogen (secondary N) is 1. The Kier molecular flexibility index (Phi) is 7.69. The molecule has 0 aliphatic carbocycles. The number of hydrogen-bond acceptors (Lipinski definition) is 4. The molecule has 5 heteroatoms. The van der Waals surface area contributed by atoms with Gasteiger partial charge < -0.3 is 10.2 Å². The molecule has 0 bridgehead atoms. The molecule has 4 nitrogen and oxygen atoms in total. The van der Waals surface area contributed by atoms with E-state index in [1.807, 2.05) is 6.92 Å². The summed E-state index contributed by atoms with van der Waals surface area (Å²) < 4.78 is 0. The summed E-state index contributed by atoms with van der Waals surface area (Å²) in [6.07, 6.45) is 5.60. The third-order valence-corrected chi connectivity index (χ3v) is 5.86. The highest BCUT2D eigenvalue weighted by Crippen LogP contribution is 2.21. The highest BCUT2D eigenvalue weighted by atomic mass is 32.1. The number of aryl methyl sites for hydroxylation is 2. The fourth-order valence-electron chi connectivity index (χ4n) is 3.70. The Balaban J connectivity index is 1.66. The van der Waals surface area contributed by atoms with Crippen LogP contribution >= 0.6 is 11.3 Å². The molecule has 1 N–H and O–H groups in total. The van der Waals surface area contributed by atoms with Gasteiger partial charge in [-0.1, -0.05) is 20.8 Å². The third kappa shape index (κ3) is 5.85. The van der Waals surface area contributed by atoms with Gasteiger partial charge in [-0.3, -0.25) is 4.79 Å². The van der Waals surface area contributed by atoms with E-state index in [-0.39, 0.29) is 5.91 Å². The molecular formula is C19H33N3OS. The number of hydrogen-bond donors (Lipinski definition) is 1. The van der Waals surface area contributed by atoms with E-state index in [2.05, 4.69) is 36.0 Å². The van der Waals surface area contributed by atoms with Crippen LogP contribution in [0.5, 0.6) is 0 Å². The second-order valence-corrected chi connectivity index (χ2v) is 8.52. The molecule has 1 aromatic rings. The zero-order chi connectivity index (χ0) is 17.5. The summed E-state index contributed by atoms with van der Waals surface area (Å²) in [6, 6.07) is 0. The van der Waals surface area contributed by atoms with Crippen molar-refractivity contribution in [3.05, 3.63) is 15.6 Å². The van der Waals surface area contributed by atoms with Crippen LogP contribution in [0.2, 0.25) is 0 Å². The lowest BCUT2D eigenvalue weighted by atomic mass is 9.92. The Morgan fingerprint density at radius 1 is 1.29 bits per heavy atom. The van der Waals surface area contributed by atoms with Crippen LogP contribution in [0.1, 0.15) is 66.8 Å². The van der Waals surface area contributed by atoms with Crippen molar-refractivity contribution in [3.63, 3.8) is 0 Å². The zero-order valence-electron chi connectivity index (χ0n) is 15.7. The van der Waals surface area contributed by atoms with E-state index in [1.165, 1.54) is 19.5 Å². The number of carbonyl (C=O) groups excluding carboxylic acids is 1. The molecule has 0 radical (unpaired) electrons. The number of rotatable bonds is 8. The molecule has 0 saturated carbocycles. The van der Waals surface area contributed by atoms with Gasteiger partial charge in [0.15, 0.2) is 0 Å².